The van der Waals surface area contributed by atoms with Crippen LogP contribution in [0.4, 0.5) is 0 Å². The summed E-state index contributed by atoms with van der Waals surface area (Å²) in [4.78, 5) is 41.9. The van der Waals surface area contributed by atoms with Gasteiger partial charge in [0.2, 0.25) is 5.91 Å². The molecule has 37 heavy (non-hydrogen) atoms. The largest absolute Gasteiger partial charge is 0.468 e. The van der Waals surface area contributed by atoms with Crippen molar-refractivity contribution in [3.05, 3.63) is 35.4 Å². The molecule has 2 rings (SSSR count). The van der Waals surface area contributed by atoms with Crippen LogP contribution < -0.4 is 16.4 Å². The summed E-state index contributed by atoms with van der Waals surface area (Å²) in [5, 5.41) is 7.50. The number of hydrogen-bond acceptors (Lipinski definition) is 7. The zero-order chi connectivity index (χ0) is 26.9. The van der Waals surface area contributed by atoms with Crippen molar-refractivity contribution >= 4 is 30.2 Å². The molecule has 0 saturated carbocycles. The molecule has 9 nitrogen and oxygen atoms in total. The fourth-order valence-electron chi connectivity index (χ4n) is 4.67. The van der Waals surface area contributed by atoms with E-state index in [0.29, 0.717) is 31.4 Å². The summed E-state index contributed by atoms with van der Waals surface area (Å²) in [6, 6.07) is 6.81. The highest BCUT2D eigenvalue weighted by atomic mass is 35.5. The second-order valence-corrected chi connectivity index (χ2v) is 10.8. The average molecular weight is 541 g/mol. The predicted octanol–water partition coefficient (Wildman–Crippen LogP) is 3.66. The van der Waals surface area contributed by atoms with Gasteiger partial charge in [0.1, 0.15) is 12.6 Å². The molecule has 1 aliphatic rings. The third-order valence-electron chi connectivity index (χ3n) is 6.78. The number of amides is 2. The first-order valence-electron chi connectivity index (χ1n) is 12.8. The van der Waals surface area contributed by atoms with E-state index in [1.54, 1.807) is 0 Å². The minimum atomic E-state index is -0.705. The number of hydroxylamine groups is 2. The van der Waals surface area contributed by atoms with Gasteiger partial charge in [-0.2, -0.15) is 5.06 Å². The van der Waals surface area contributed by atoms with E-state index in [2.05, 4.69) is 48.1 Å². The van der Waals surface area contributed by atoms with Crippen LogP contribution in [0.1, 0.15) is 95.2 Å². The number of nitrogens with two attached hydrogens (primary N) is 1. The normalized spacial score (nSPS) is 18.1. The minimum Gasteiger partial charge on any atom is -0.468 e. The number of methoxy groups -OCH3 is 1. The van der Waals surface area contributed by atoms with E-state index in [0.717, 1.165) is 18.4 Å². The number of nitrogens with one attached hydrogen (secondary N) is 2. The molecule has 0 spiro atoms. The molecule has 0 aliphatic carbocycles. The van der Waals surface area contributed by atoms with Gasteiger partial charge in [-0.1, -0.05) is 12.1 Å². The van der Waals surface area contributed by atoms with Crippen LogP contribution in [-0.4, -0.2) is 60.2 Å². The Morgan fingerprint density at radius 1 is 1.03 bits per heavy atom. The number of rotatable bonds is 12. The Balaban J connectivity index is 0.00000684. The van der Waals surface area contributed by atoms with Crippen LogP contribution in [0.25, 0.3) is 0 Å². The zero-order valence-electron chi connectivity index (χ0n) is 23.1. The quantitative estimate of drug-likeness (QED) is 0.273. The predicted molar refractivity (Wildman–Crippen MR) is 146 cm³/mol. The van der Waals surface area contributed by atoms with E-state index in [1.807, 2.05) is 31.2 Å². The Kier molecular flexibility index (Phi) is 13.0. The first-order chi connectivity index (χ1) is 16.9. The molecule has 1 aliphatic heterocycles. The Morgan fingerprint density at radius 2 is 1.62 bits per heavy atom. The molecule has 1 heterocycles. The Hall–Kier alpha value is -2.20. The van der Waals surface area contributed by atoms with Gasteiger partial charge in [-0.25, -0.2) is 0 Å². The smallest absolute Gasteiger partial charge is 0.325 e. The highest BCUT2D eigenvalue weighted by molar-refractivity contribution is 5.94. The standard InChI is InChI=1S/C27H44N4O5.ClH/c1-19(36-31-26(2,3)15-9-16-27(31,4)5)20-11-13-21(14-12-20)24(33)29-17-8-7-10-22(28)25(34)30-18-23(32)35-6;/h11-14,19,22H,7-10,15-18,28H2,1-6H3,(H,29,33)(H,30,34);1H/t19?,22-;/m0./s1. The Morgan fingerprint density at radius 3 is 2.19 bits per heavy atom. The molecule has 2 atom stereocenters. The number of benzene rings is 1. The molecule has 1 fully saturated rings. The van der Waals surface area contributed by atoms with Crippen molar-refractivity contribution in [2.75, 3.05) is 20.2 Å². The van der Waals surface area contributed by atoms with Crippen LogP contribution in [0.15, 0.2) is 24.3 Å². The number of carbonyl (C=O) groups is 3. The van der Waals surface area contributed by atoms with E-state index in [9.17, 15) is 14.4 Å². The van der Waals surface area contributed by atoms with E-state index in [-0.39, 0.29) is 42.0 Å². The summed E-state index contributed by atoms with van der Waals surface area (Å²) >= 11 is 0. The van der Waals surface area contributed by atoms with Crippen molar-refractivity contribution < 1.29 is 24.0 Å². The lowest BCUT2D eigenvalue weighted by Crippen LogP contribution is -2.58. The lowest BCUT2D eigenvalue weighted by molar-refractivity contribution is -0.304. The monoisotopic (exact) mass is 540 g/mol. The van der Waals surface area contributed by atoms with Gasteiger partial charge in [0.05, 0.1) is 13.2 Å². The van der Waals surface area contributed by atoms with Crippen LogP contribution in [-0.2, 0) is 19.2 Å². The van der Waals surface area contributed by atoms with Crippen molar-refractivity contribution in [1.82, 2.24) is 15.7 Å². The summed E-state index contributed by atoms with van der Waals surface area (Å²) in [5.74, 6) is -1.06. The molecular formula is C27H45ClN4O5. The van der Waals surface area contributed by atoms with Crippen LogP contribution >= 0.6 is 12.4 Å². The highest BCUT2D eigenvalue weighted by Crippen LogP contribution is 2.40. The molecule has 2 amide bonds. The van der Waals surface area contributed by atoms with Crippen LogP contribution in [0.2, 0.25) is 0 Å². The fourth-order valence-corrected chi connectivity index (χ4v) is 4.67. The van der Waals surface area contributed by atoms with Gasteiger partial charge in [0.25, 0.3) is 5.91 Å². The first kappa shape index (κ1) is 32.8. The molecule has 1 unspecified atom stereocenters. The summed E-state index contributed by atoms with van der Waals surface area (Å²) in [6.45, 7) is 11.2. The van der Waals surface area contributed by atoms with E-state index < -0.39 is 17.9 Å². The van der Waals surface area contributed by atoms with Crippen LogP contribution in [0.3, 0.4) is 0 Å². The molecular weight excluding hydrogens is 496 g/mol. The van der Waals surface area contributed by atoms with Crippen molar-refractivity contribution in [2.45, 2.75) is 96.4 Å². The fraction of sp³-hybridized carbons (Fsp3) is 0.667. The van der Waals surface area contributed by atoms with Gasteiger partial charge in [-0.05, 0) is 90.8 Å². The van der Waals surface area contributed by atoms with E-state index in [1.165, 1.54) is 13.5 Å². The van der Waals surface area contributed by atoms with Crippen molar-refractivity contribution in [3.63, 3.8) is 0 Å². The van der Waals surface area contributed by atoms with Gasteiger partial charge >= 0.3 is 5.97 Å². The summed E-state index contributed by atoms with van der Waals surface area (Å²) in [5.41, 5.74) is 7.37. The number of carbonyl (C=O) groups excluding carboxylic acids is 3. The molecule has 0 bridgehead atoms. The van der Waals surface area contributed by atoms with Gasteiger partial charge in [-0.3, -0.25) is 19.2 Å². The molecule has 210 valence electrons. The third-order valence-corrected chi connectivity index (χ3v) is 6.78. The molecule has 4 N–H and O–H groups in total. The maximum atomic E-state index is 12.5. The maximum Gasteiger partial charge on any atom is 0.325 e. The van der Waals surface area contributed by atoms with Crippen molar-refractivity contribution in [1.29, 1.82) is 0 Å². The topological polar surface area (TPSA) is 123 Å². The number of halogens is 1. The molecule has 1 aromatic rings. The number of piperidine rings is 1. The van der Waals surface area contributed by atoms with Crippen LogP contribution in [0.5, 0.6) is 0 Å². The average Bonchev–Trinajstić information content (AvgIpc) is 2.83. The van der Waals surface area contributed by atoms with Gasteiger partial charge < -0.3 is 21.1 Å². The molecule has 1 aromatic carbocycles. The second-order valence-electron chi connectivity index (χ2n) is 10.8. The van der Waals surface area contributed by atoms with Crippen molar-refractivity contribution in [3.8, 4) is 0 Å². The summed E-state index contributed by atoms with van der Waals surface area (Å²) in [7, 11) is 1.25. The molecule has 1 saturated heterocycles. The van der Waals surface area contributed by atoms with Crippen molar-refractivity contribution in [2.24, 2.45) is 5.73 Å². The molecule has 10 heteroatoms. The van der Waals surface area contributed by atoms with Gasteiger partial charge in [0, 0.05) is 23.2 Å². The number of nitrogens with zero attached hydrogens (tertiary/aromatic N) is 1. The number of hydrogen-bond donors (Lipinski definition) is 3. The van der Waals surface area contributed by atoms with E-state index in [4.69, 9.17) is 10.6 Å². The van der Waals surface area contributed by atoms with Gasteiger partial charge in [0.15, 0.2) is 0 Å². The summed E-state index contributed by atoms with van der Waals surface area (Å²) in [6.07, 6.45) is 5.07. The zero-order valence-corrected chi connectivity index (χ0v) is 23.9. The molecule has 0 radical (unpaired) electrons. The van der Waals surface area contributed by atoms with E-state index >= 15 is 0 Å². The highest BCUT2D eigenvalue weighted by Gasteiger charge is 2.43. The number of unbranched alkanes of at least 4 members (excludes halogenated alkanes) is 1. The third kappa shape index (κ3) is 9.89. The lowest BCUT2D eigenvalue weighted by Gasteiger charge is -2.52. The number of esters is 1. The maximum absolute atomic E-state index is 12.5. The first-order valence-corrected chi connectivity index (χ1v) is 12.8. The van der Waals surface area contributed by atoms with Gasteiger partial charge in [-0.15, -0.1) is 12.4 Å². The minimum absolute atomic E-state index is 0. The van der Waals surface area contributed by atoms with Crippen LogP contribution in [0, 0.1) is 0 Å². The number of ether oxygens (including phenoxy) is 1. The Bertz CT molecular complexity index is 875. The Labute approximate surface area is 227 Å². The lowest BCUT2D eigenvalue weighted by atomic mass is 9.82. The SMILES string of the molecule is COC(=O)CNC(=O)[C@@H](N)CCCCNC(=O)c1ccc(C(C)ON2C(C)(C)CCCC2(C)C)cc1.Cl. The summed E-state index contributed by atoms with van der Waals surface area (Å²) < 4.78 is 4.47. The molecule has 0 aromatic heterocycles. The second kappa shape index (κ2) is 14.7.